The Morgan fingerprint density at radius 1 is 1.05 bits per heavy atom. The number of para-hydroxylation sites is 1. The molecule has 0 saturated heterocycles. The van der Waals surface area contributed by atoms with E-state index in [-0.39, 0.29) is 0 Å². The molecule has 0 fully saturated rings. The molecule has 0 bridgehead atoms. The minimum atomic E-state index is 0.357. The Morgan fingerprint density at radius 3 is 2.86 bits per heavy atom. The fourth-order valence-corrected chi connectivity index (χ4v) is 3.46. The number of nitrogens with zero attached hydrogens (tertiary/aromatic N) is 3. The Labute approximate surface area is 129 Å². The largest absolute Gasteiger partial charge is 0.325 e. The summed E-state index contributed by atoms with van der Waals surface area (Å²) < 4.78 is 0. The van der Waals surface area contributed by atoms with Gasteiger partial charge in [-0.3, -0.25) is 0 Å². The maximum atomic E-state index is 6.17. The molecule has 0 saturated carbocycles. The maximum Gasteiger partial charge on any atom is 0.224 e. The van der Waals surface area contributed by atoms with Crippen LogP contribution < -0.4 is 10.2 Å². The molecular formula is C16H17ClN4. The van der Waals surface area contributed by atoms with E-state index in [1.807, 2.05) is 0 Å². The number of anilines is 2. The van der Waals surface area contributed by atoms with Crippen molar-refractivity contribution in [3.63, 3.8) is 0 Å². The molecule has 5 heteroatoms. The molecule has 1 aromatic carbocycles. The third-order valence-electron chi connectivity index (χ3n) is 4.28. The molecule has 2 aromatic rings. The van der Waals surface area contributed by atoms with Gasteiger partial charge in [0.05, 0.1) is 5.69 Å². The van der Waals surface area contributed by atoms with E-state index in [4.69, 9.17) is 11.6 Å². The number of aromatic nitrogens is 2. The van der Waals surface area contributed by atoms with Gasteiger partial charge in [-0.15, -0.1) is 0 Å². The number of benzene rings is 1. The predicted octanol–water partition coefficient (Wildman–Crippen LogP) is 2.51. The summed E-state index contributed by atoms with van der Waals surface area (Å²) in [5.74, 6) is 0.999. The molecule has 0 spiro atoms. The minimum Gasteiger partial charge on any atom is -0.325 e. The highest BCUT2D eigenvalue weighted by Crippen LogP contribution is 2.36. The fraction of sp³-hybridized carbons (Fsp3) is 0.375. The van der Waals surface area contributed by atoms with E-state index in [9.17, 15) is 0 Å². The second-order valence-electron chi connectivity index (χ2n) is 5.52. The standard InChI is InChI=1S/C16H17ClN4/c17-16-19-13-6-9-18-8-5-12(13)15(20-16)21-10-7-11-3-1-2-4-14(11)21/h1-4,18H,5-10H2. The molecule has 2 aliphatic heterocycles. The highest BCUT2D eigenvalue weighted by Gasteiger charge is 2.26. The lowest BCUT2D eigenvalue weighted by atomic mass is 10.1. The van der Waals surface area contributed by atoms with Gasteiger partial charge >= 0.3 is 0 Å². The summed E-state index contributed by atoms with van der Waals surface area (Å²) in [7, 11) is 0. The van der Waals surface area contributed by atoms with E-state index in [1.54, 1.807) is 0 Å². The second kappa shape index (κ2) is 5.28. The summed E-state index contributed by atoms with van der Waals surface area (Å²) in [5, 5.41) is 3.78. The highest BCUT2D eigenvalue weighted by molar-refractivity contribution is 6.28. The molecular weight excluding hydrogens is 284 g/mol. The zero-order valence-corrected chi connectivity index (χ0v) is 12.5. The Hall–Kier alpha value is -1.65. The van der Waals surface area contributed by atoms with Gasteiger partial charge in [0.15, 0.2) is 0 Å². The van der Waals surface area contributed by atoms with E-state index in [0.717, 1.165) is 50.4 Å². The van der Waals surface area contributed by atoms with Gasteiger partial charge in [0.25, 0.3) is 0 Å². The van der Waals surface area contributed by atoms with Crippen LogP contribution in [0.25, 0.3) is 0 Å². The number of hydrogen-bond donors (Lipinski definition) is 1. The van der Waals surface area contributed by atoms with Gasteiger partial charge in [-0.1, -0.05) is 18.2 Å². The summed E-state index contributed by atoms with van der Waals surface area (Å²) in [6, 6.07) is 8.54. The summed E-state index contributed by atoms with van der Waals surface area (Å²) in [6.45, 7) is 2.89. The van der Waals surface area contributed by atoms with Crippen LogP contribution in [0.4, 0.5) is 11.5 Å². The van der Waals surface area contributed by atoms with Crippen molar-refractivity contribution in [2.45, 2.75) is 19.3 Å². The van der Waals surface area contributed by atoms with Crippen molar-refractivity contribution >= 4 is 23.1 Å². The average Bonchev–Trinajstić information content (AvgIpc) is 2.78. The zero-order chi connectivity index (χ0) is 14.2. The molecule has 1 N–H and O–H groups in total. The van der Waals surface area contributed by atoms with Crippen molar-refractivity contribution in [2.75, 3.05) is 24.5 Å². The minimum absolute atomic E-state index is 0.357. The predicted molar refractivity (Wildman–Crippen MR) is 84.5 cm³/mol. The maximum absolute atomic E-state index is 6.17. The summed E-state index contributed by atoms with van der Waals surface area (Å²) in [5.41, 5.74) is 4.99. The molecule has 4 rings (SSSR count). The number of halogens is 1. The molecule has 0 radical (unpaired) electrons. The van der Waals surface area contributed by atoms with Crippen LogP contribution in [-0.4, -0.2) is 29.6 Å². The lowest BCUT2D eigenvalue weighted by Crippen LogP contribution is -2.19. The van der Waals surface area contributed by atoms with E-state index in [1.165, 1.54) is 16.8 Å². The Bertz CT molecular complexity index is 686. The van der Waals surface area contributed by atoms with Crippen LogP contribution >= 0.6 is 11.6 Å². The van der Waals surface area contributed by atoms with Crippen molar-refractivity contribution in [1.29, 1.82) is 0 Å². The number of hydrogen-bond acceptors (Lipinski definition) is 4. The first kappa shape index (κ1) is 13.0. The Kier molecular flexibility index (Phi) is 3.28. The molecule has 1 aromatic heterocycles. The van der Waals surface area contributed by atoms with Gasteiger partial charge in [-0.05, 0) is 42.6 Å². The summed E-state index contributed by atoms with van der Waals surface area (Å²) in [6.07, 6.45) is 2.94. The first-order valence-electron chi connectivity index (χ1n) is 7.44. The lowest BCUT2D eigenvalue weighted by molar-refractivity contribution is 0.708. The topological polar surface area (TPSA) is 41.1 Å². The van der Waals surface area contributed by atoms with E-state index in [2.05, 4.69) is 44.5 Å². The van der Waals surface area contributed by atoms with Crippen LogP contribution in [0, 0.1) is 0 Å². The highest BCUT2D eigenvalue weighted by atomic mass is 35.5. The zero-order valence-electron chi connectivity index (χ0n) is 11.8. The molecule has 4 nitrogen and oxygen atoms in total. The van der Waals surface area contributed by atoms with Crippen LogP contribution in [-0.2, 0) is 19.3 Å². The van der Waals surface area contributed by atoms with Crippen molar-refractivity contribution in [1.82, 2.24) is 15.3 Å². The van der Waals surface area contributed by atoms with Gasteiger partial charge in [0, 0.05) is 30.8 Å². The molecule has 108 valence electrons. The van der Waals surface area contributed by atoms with Crippen LogP contribution in [0.1, 0.15) is 16.8 Å². The van der Waals surface area contributed by atoms with Gasteiger partial charge in [-0.25, -0.2) is 4.98 Å². The number of rotatable bonds is 1. The van der Waals surface area contributed by atoms with Gasteiger partial charge in [0.1, 0.15) is 5.82 Å². The number of fused-ring (bicyclic) bond motifs is 2. The SMILES string of the molecule is Clc1nc2c(c(N3CCc4ccccc43)n1)CCNCC2. The van der Waals surface area contributed by atoms with Crippen LogP contribution in [0.2, 0.25) is 5.28 Å². The fourth-order valence-electron chi connectivity index (χ4n) is 3.28. The Balaban J connectivity index is 1.84. The summed E-state index contributed by atoms with van der Waals surface area (Å²) in [4.78, 5) is 11.3. The van der Waals surface area contributed by atoms with Crippen LogP contribution in [0.15, 0.2) is 24.3 Å². The molecule has 21 heavy (non-hydrogen) atoms. The first-order chi connectivity index (χ1) is 10.3. The third-order valence-corrected chi connectivity index (χ3v) is 4.45. The van der Waals surface area contributed by atoms with Crippen LogP contribution in [0.3, 0.4) is 0 Å². The van der Waals surface area contributed by atoms with Gasteiger partial charge in [-0.2, -0.15) is 4.98 Å². The van der Waals surface area contributed by atoms with Crippen molar-refractivity contribution in [2.24, 2.45) is 0 Å². The number of nitrogens with one attached hydrogen (secondary N) is 1. The lowest BCUT2D eigenvalue weighted by Gasteiger charge is -2.22. The Morgan fingerprint density at radius 2 is 1.90 bits per heavy atom. The molecule has 0 unspecified atom stereocenters. The first-order valence-corrected chi connectivity index (χ1v) is 7.82. The van der Waals surface area contributed by atoms with E-state index >= 15 is 0 Å². The monoisotopic (exact) mass is 300 g/mol. The van der Waals surface area contributed by atoms with Crippen molar-refractivity contribution in [3.8, 4) is 0 Å². The molecule has 0 aliphatic carbocycles. The molecule has 0 amide bonds. The normalized spacial score (nSPS) is 17.3. The quantitative estimate of drug-likeness (QED) is 0.822. The van der Waals surface area contributed by atoms with Crippen molar-refractivity contribution < 1.29 is 0 Å². The second-order valence-corrected chi connectivity index (χ2v) is 5.86. The van der Waals surface area contributed by atoms with Gasteiger partial charge < -0.3 is 10.2 Å². The third kappa shape index (κ3) is 2.28. The molecule has 3 heterocycles. The van der Waals surface area contributed by atoms with E-state index in [0.29, 0.717) is 5.28 Å². The van der Waals surface area contributed by atoms with Crippen molar-refractivity contribution in [3.05, 3.63) is 46.4 Å². The van der Waals surface area contributed by atoms with E-state index < -0.39 is 0 Å². The van der Waals surface area contributed by atoms with Gasteiger partial charge in [0.2, 0.25) is 5.28 Å². The average molecular weight is 301 g/mol. The molecule has 2 aliphatic rings. The summed E-state index contributed by atoms with van der Waals surface area (Å²) >= 11 is 6.17. The van der Waals surface area contributed by atoms with Crippen LogP contribution in [0.5, 0.6) is 0 Å². The smallest absolute Gasteiger partial charge is 0.224 e. The molecule has 0 atom stereocenters.